The van der Waals surface area contributed by atoms with E-state index in [0.717, 1.165) is 18.5 Å². The molecule has 0 aromatic heterocycles. The SMILES string of the molecule is CCCC(CN)CN(CC(C)C)C1CCCC1. The van der Waals surface area contributed by atoms with Gasteiger partial charge in [-0.05, 0) is 37.6 Å². The van der Waals surface area contributed by atoms with Crippen LogP contribution >= 0.6 is 0 Å². The third-order valence-corrected chi connectivity index (χ3v) is 3.96. The number of hydrogen-bond donors (Lipinski definition) is 1. The molecule has 2 nitrogen and oxygen atoms in total. The molecular weight excluding hydrogens is 208 g/mol. The first-order valence-corrected chi connectivity index (χ1v) is 7.61. The highest BCUT2D eigenvalue weighted by molar-refractivity contribution is 4.80. The van der Waals surface area contributed by atoms with Gasteiger partial charge in [0.05, 0.1) is 0 Å². The van der Waals surface area contributed by atoms with E-state index in [-0.39, 0.29) is 0 Å². The van der Waals surface area contributed by atoms with Crippen LogP contribution in [0.15, 0.2) is 0 Å². The van der Waals surface area contributed by atoms with Crippen LogP contribution in [0.4, 0.5) is 0 Å². The van der Waals surface area contributed by atoms with Crippen LogP contribution in [-0.2, 0) is 0 Å². The van der Waals surface area contributed by atoms with E-state index in [9.17, 15) is 0 Å². The second kappa shape index (κ2) is 8.10. The van der Waals surface area contributed by atoms with E-state index in [1.165, 1.54) is 51.6 Å². The molecule has 0 amide bonds. The van der Waals surface area contributed by atoms with Crippen LogP contribution in [0.25, 0.3) is 0 Å². The zero-order chi connectivity index (χ0) is 12.7. The van der Waals surface area contributed by atoms with Gasteiger partial charge in [-0.15, -0.1) is 0 Å². The highest BCUT2D eigenvalue weighted by Crippen LogP contribution is 2.25. The average molecular weight is 240 g/mol. The number of rotatable bonds is 8. The van der Waals surface area contributed by atoms with Crippen LogP contribution in [0.1, 0.15) is 59.3 Å². The molecule has 0 bridgehead atoms. The minimum absolute atomic E-state index is 0.708. The molecule has 1 aliphatic carbocycles. The molecule has 1 unspecified atom stereocenters. The van der Waals surface area contributed by atoms with Gasteiger partial charge in [0.25, 0.3) is 0 Å². The molecule has 1 atom stereocenters. The zero-order valence-corrected chi connectivity index (χ0v) is 12.1. The lowest BCUT2D eigenvalue weighted by atomic mass is 10.0. The lowest BCUT2D eigenvalue weighted by Crippen LogP contribution is -2.41. The van der Waals surface area contributed by atoms with Gasteiger partial charge in [-0.2, -0.15) is 0 Å². The molecule has 0 aromatic rings. The summed E-state index contributed by atoms with van der Waals surface area (Å²) in [6, 6.07) is 0.850. The molecule has 0 aliphatic heterocycles. The Kier molecular flexibility index (Phi) is 7.14. The Bertz CT molecular complexity index is 185. The van der Waals surface area contributed by atoms with E-state index in [0.29, 0.717) is 5.92 Å². The van der Waals surface area contributed by atoms with Crippen molar-refractivity contribution < 1.29 is 0 Å². The summed E-state index contributed by atoms with van der Waals surface area (Å²) >= 11 is 0. The maximum atomic E-state index is 5.91. The van der Waals surface area contributed by atoms with Crippen LogP contribution in [0.2, 0.25) is 0 Å². The topological polar surface area (TPSA) is 29.3 Å². The van der Waals surface area contributed by atoms with Crippen molar-refractivity contribution in [2.24, 2.45) is 17.6 Å². The van der Waals surface area contributed by atoms with Gasteiger partial charge in [0.15, 0.2) is 0 Å². The minimum Gasteiger partial charge on any atom is -0.330 e. The lowest BCUT2D eigenvalue weighted by molar-refractivity contribution is 0.148. The molecule has 1 saturated carbocycles. The summed E-state index contributed by atoms with van der Waals surface area (Å²) in [6.45, 7) is 10.3. The first-order valence-electron chi connectivity index (χ1n) is 7.61. The van der Waals surface area contributed by atoms with Gasteiger partial charge in [0.1, 0.15) is 0 Å². The molecule has 0 saturated heterocycles. The Morgan fingerprint density at radius 3 is 2.29 bits per heavy atom. The van der Waals surface area contributed by atoms with Crippen LogP contribution in [0, 0.1) is 11.8 Å². The van der Waals surface area contributed by atoms with Crippen LogP contribution in [0.5, 0.6) is 0 Å². The van der Waals surface area contributed by atoms with Crippen molar-refractivity contribution in [2.45, 2.75) is 65.3 Å². The summed E-state index contributed by atoms with van der Waals surface area (Å²) in [5, 5.41) is 0. The Morgan fingerprint density at radius 1 is 1.18 bits per heavy atom. The maximum absolute atomic E-state index is 5.91. The number of nitrogens with zero attached hydrogens (tertiary/aromatic N) is 1. The third kappa shape index (κ3) is 5.39. The first-order chi connectivity index (χ1) is 8.17. The quantitative estimate of drug-likeness (QED) is 0.705. The molecule has 0 aromatic carbocycles. The average Bonchev–Trinajstić information content (AvgIpc) is 2.80. The monoisotopic (exact) mass is 240 g/mol. The summed E-state index contributed by atoms with van der Waals surface area (Å²) in [7, 11) is 0. The number of nitrogens with two attached hydrogens (primary N) is 1. The molecule has 1 aliphatic rings. The van der Waals surface area contributed by atoms with E-state index in [2.05, 4.69) is 25.7 Å². The lowest BCUT2D eigenvalue weighted by Gasteiger charge is -2.33. The molecule has 0 spiro atoms. The largest absolute Gasteiger partial charge is 0.330 e. The normalized spacial score (nSPS) is 19.4. The molecule has 0 heterocycles. The molecule has 102 valence electrons. The highest BCUT2D eigenvalue weighted by Gasteiger charge is 2.24. The van der Waals surface area contributed by atoms with Crippen molar-refractivity contribution in [1.29, 1.82) is 0 Å². The van der Waals surface area contributed by atoms with Crippen molar-refractivity contribution in [1.82, 2.24) is 4.90 Å². The fraction of sp³-hybridized carbons (Fsp3) is 1.00. The standard InChI is InChI=1S/C15H32N2/c1-4-7-14(10-16)12-17(11-13(2)3)15-8-5-6-9-15/h13-15H,4-12,16H2,1-3H3. The van der Waals surface area contributed by atoms with E-state index >= 15 is 0 Å². The van der Waals surface area contributed by atoms with Crippen LogP contribution in [0.3, 0.4) is 0 Å². The molecule has 1 rings (SSSR count). The van der Waals surface area contributed by atoms with E-state index in [1.54, 1.807) is 0 Å². The van der Waals surface area contributed by atoms with Crippen molar-refractivity contribution in [3.63, 3.8) is 0 Å². The predicted molar refractivity (Wildman–Crippen MR) is 76.1 cm³/mol. The smallest absolute Gasteiger partial charge is 0.00954 e. The zero-order valence-electron chi connectivity index (χ0n) is 12.1. The fourth-order valence-corrected chi connectivity index (χ4v) is 3.13. The molecule has 0 radical (unpaired) electrons. The van der Waals surface area contributed by atoms with Gasteiger partial charge in [-0.3, -0.25) is 4.90 Å². The summed E-state index contributed by atoms with van der Waals surface area (Å²) < 4.78 is 0. The van der Waals surface area contributed by atoms with Crippen molar-refractivity contribution >= 4 is 0 Å². The number of hydrogen-bond acceptors (Lipinski definition) is 2. The summed E-state index contributed by atoms with van der Waals surface area (Å²) in [4.78, 5) is 2.74. The molecular formula is C15H32N2. The Balaban J connectivity index is 2.48. The van der Waals surface area contributed by atoms with Crippen molar-refractivity contribution in [3.8, 4) is 0 Å². The van der Waals surface area contributed by atoms with Crippen LogP contribution in [-0.4, -0.2) is 30.6 Å². The van der Waals surface area contributed by atoms with Crippen molar-refractivity contribution in [3.05, 3.63) is 0 Å². The van der Waals surface area contributed by atoms with Gasteiger partial charge >= 0.3 is 0 Å². The van der Waals surface area contributed by atoms with E-state index in [4.69, 9.17) is 5.73 Å². The summed E-state index contributed by atoms with van der Waals surface area (Å²) in [6.07, 6.45) is 8.24. The van der Waals surface area contributed by atoms with Gasteiger partial charge in [-0.25, -0.2) is 0 Å². The Labute approximate surface area is 108 Å². The highest BCUT2D eigenvalue weighted by atomic mass is 15.2. The maximum Gasteiger partial charge on any atom is 0.00954 e. The van der Waals surface area contributed by atoms with Gasteiger partial charge < -0.3 is 5.73 Å². The van der Waals surface area contributed by atoms with Gasteiger partial charge in [0, 0.05) is 19.1 Å². The fourth-order valence-electron chi connectivity index (χ4n) is 3.13. The minimum atomic E-state index is 0.708. The summed E-state index contributed by atoms with van der Waals surface area (Å²) in [5.41, 5.74) is 5.91. The predicted octanol–water partition coefficient (Wildman–Crippen LogP) is 3.26. The van der Waals surface area contributed by atoms with Crippen molar-refractivity contribution in [2.75, 3.05) is 19.6 Å². The summed E-state index contributed by atoms with van der Waals surface area (Å²) in [5.74, 6) is 1.48. The Morgan fingerprint density at radius 2 is 1.82 bits per heavy atom. The van der Waals surface area contributed by atoms with E-state index < -0.39 is 0 Å². The van der Waals surface area contributed by atoms with Crippen LogP contribution < -0.4 is 5.73 Å². The third-order valence-electron chi connectivity index (χ3n) is 3.96. The Hall–Kier alpha value is -0.0800. The first kappa shape index (κ1) is 15.0. The van der Waals surface area contributed by atoms with Gasteiger partial charge in [-0.1, -0.05) is 40.0 Å². The second-order valence-corrected chi connectivity index (χ2v) is 6.18. The molecule has 1 fully saturated rings. The molecule has 2 N–H and O–H groups in total. The molecule has 17 heavy (non-hydrogen) atoms. The molecule has 2 heteroatoms. The van der Waals surface area contributed by atoms with Gasteiger partial charge in [0.2, 0.25) is 0 Å². The van der Waals surface area contributed by atoms with E-state index in [1.807, 2.05) is 0 Å². The second-order valence-electron chi connectivity index (χ2n) is 6.18.